The number of hydrogen-bond donors (Lipinski definition) is 0. The first-order chi connectivity index (χ1) is 10.6. The Morgan fingerprint density at radius 1 is 1.18 bits per heavy atom. The number of anilines is 2. The topological polar surface area (TPSA) is 46.1 Å². The summed E-state index contributed by atoms with van der Waals surface area (Å²) in [6, 6.07) is 8.40. The number of para-hydroxylation sites is 1. The zero-order valence-corrected chi connectivity index (χ0v) is 13.0. The Bertz CT molecular complexity index is 769. The van der Waals surface area contributed by atoms with E-state index in [-0.39, 0.29) is 5.78 Å². The van der Waals surface area contributed by atoms with E-state index in [9.17, 15) is 4.79 Å². The molecule has 1 aliphatic heterocycles. The minimum Gasteiger partial charge on any atom is -0.310 e. The van der Waals surface area contributed by atoms with Crippen LogP contribution in [0.3, 0.4) is 0 Å². The van der Waals surface area contributed by atoms with Crippen molar-refractivity contribution < 1.29 is 4.79 Å². The van der Waals surface area contributed by atoms with E-state index in [1.807, 2.05) is 13.0 Å². The van der Waals surface area contributed by atoms with Gasteiger partial charge in [0.25, 0.3) is 0 Å². The van der Waals surface area contributed by atoms with E-state index in [1.54, 1.807) is 0 Å². The highest BCUT2D eigenvalue weighted by molar-refractivity contribution is 5.99. The number of rotatable bonds is 1. The van der Waals surface area contributed by atoms with Crippen molar-refractivity contribution in [3.63, 3.8) is 0 Å². The third kappa shape index (κ3) is 2.02. The minimum absolute atomic E-state index is 0.194. The highest BCUT2D eigenvalue weighted by Gasteiger charge is 2.29. The summed E-state index contributed by atoms with van der Waals surface area (Å²) in [5.41, 5.74) is 5.04. The largest absolute Gasteiger partial charge is 0.310 e. The third-order valence-electron chi connectivity index (χ3n) is 4.64. The molecule has 0 saturated heterocycles. The molecule has 4 nitrogen and oxygen atoms in total. The molecular weight excluding hydrogens is 274 g/mol. The molecule has 1 aromatic heterocycles. The maximum atomic E-state index is 12.3. The SMILES string of the molecule is Cc1nc(N2CCc3ccccc32)nc2c1C(=O)CC(C)C2. The molecule has 4 heteroatoms. The lowest BCUT2D eigenvalue weighted by atomic mass is 9.86. The molecule has 4 rings (SSSR count). The average Bonchev–Trinajstić information content (AvgIpc) is 2.89. The Morgan fingerprint density at radius 3 is 2.86 bits per heavy atom. The van der Waals surface area contributed by atoms with E-state index < -0.39 is 0 Å². The number of hydrogen-bond acceptors (Lipinski definition) is 4. The molecule has 0 bridgehead atoms. The predicted octanol–water partition coefficient (Wildman–Crippen LogP) is 3.24. The van der Waals surface area contributed by atoms with E-state index in [0.717, 1.165) is 42.3 Å². The molecule has 2 heterocycles. The predicted molar refractivity (Wildman–Crippen MR) is 85.7 cm³/mol. The normalized spacial score (nSPS) is 20.0. The van der Waals surface area contributed by atoms with Crippen molar-refractivity contribution in [2.75, 3.05) is 11.4 Å². The van der Waals surface area contributed by atoms with Crippen LogP contribution in [0, 0.1) is 12.8 Å². The third-order valence-corrected chi connectivity index (χ3v) is 4.64. The molecule has 0 N–H and O–H groups in total. The molecule has 2 aromatic rings. The zero-order valence-electron chi connectivity index (χ0n) is 13.0. The molecule has 0 amide bonds. The summed E-state index contributed by atoms with van der Waals surface area (Å²) < 4.78 is 0. The standard InChI is InChI=1S/C18H19N3O/c1-11-9-14-17(16(22)10-11)12(2)19-18(20-14)21-8-7-13-5-3-4-6-15(13)21/h3-6,11H,7-10H2,1-2H3. The Morgan fingerprint density at radius 2 is 2.00 bits per heavy atom. The van der Waals surface area contributed by atoms with Gasteiger partial charge in [-0.05, 0) is 37.3 Å². The number of ketones is 1. The maximum absolute atomic E-state index is 12.3. The van der Waals surface area contributed by atoms with Gasteiger partial charge in [0.15, 0.2) is 5.78 Å². The van der Waals surface area contributed by atoms with Crippen molar-refractivity contribution in [3.8, 4) is 0 Å². The van der Waals surface area contributed by atoms with Gasteiger partial charge in [-0.2, -0.15) is 0 Å². The van der Waals surface area contributed by atoms with Crippen LogP contribution in [-0.4, -0.2) is 22.3 Å². The fourth-order valence-electron chi connectivity index (χ4n) is 3.61. The Hall–Kier alpha value is -2.23. The van der Waals surface area contributed by atoms with E-state index in [4.69, 9.17) is 4.98 Å². The van der Waals surface area contributed by atoms with E-state index in [2.05, 4.69) is 35.0 Å². The van der Waals surface area contributed by atoms with Crippen LogP contribution in [-0.2, 0) is 12.8 Å². The molecule has 1 aliphatic carbocycles. The summed E-state index contributed by atoms with van der Waals surface area (Å²) in [5.74, 6) is 1.30. The fraction of sp³-hybridized carbons (Fsp3) is 0.389. The number of Topliss-reactive ketones (excluding diaryl/α,β-unsaturated/α-hetero) is 1. The van der Waals surface area contributed by atoms with Crippen molar-refractivity contribution in [1.29, 1.82) is 0 Å². The monoisotopic (exact) mass is 293 g/mol. The van der Waals surface area contributed by atoms with Crippen molar-refractivity contribution in [3.05, 3.63) is 46.8 Å². The lowest BCUT2D eigenvalue weighted by molar-refractivity contribution is 0.0951. The minimum atomic E-state index is 0.194. The van der Waals surface area contributed by atoms with Gasteiger partial charge >= 0.3 is 0 Å². The summed E-state index contributed by atoms with van der Waals surface area (Å²) in [5, 5.41) is 0. The Kier molecular flexibility index (Phi) is 2.99. The highest BCUT2D eigenvalue weighted by Crippen LogP contribution is 2.34. The second-order valence-electron chi connectivity index (χ2n) is 6.40. The summed E-state index contributed by atoms with van der Waals surface area (Å²) >= 11 is 0. The van der Waals surface area contributed by atoms with Gasteiger partial charge in [-0.15, -0.1) is 0 Å². The van der Waals surface area contributed by atoms with Gasteiger partial charge in [-0.3, -0.25) is 4.79 Å². The van der Waals surface area contributed by atoms with Gasteiger partial charge in [0.1, 0.15) is 0 Å². The van der Waals surface area contributed by atoms with Gasteiger partial charge in [0, 0.05) is 18.7 Å². The zero-order chi connectivity index (χ0) is 15.3. The molecule has 0 fully saturated rings. The maximum Gasteiger partial charge on any atom is 0.230 e. The molecule has 22 heavy (non-hydrogen) atoms. The number of carbonyl (C=O) groups is 1. The average molecular weight is 293 g/mol. The van der Waals surface area contributed by atoms with Crippen molar-refractivity contribution in [2.45, 2.75) is 33.1 Å². The van der Waals surface area contributed by atoms with Gasteiger partial charge in [0.05, 0.1) is 17.0 Å². The summed E-state index contributed by atoms with van der Waals surface area (Å²) in [6.45, 7) is 4.95. The Balaban J connectivity index is 1.80. The molecule has 0 saturated carbocycles. The van der Waals surface area contributed by atoms with Gasteiger partial charge < -0.3 is 4.90 Å². The fourth-order valence-corrected chi connectivity index (χ4v) is 3.61. The summed E-state index contributed by atoms with van der Waals surface area (Å²) in [6.07, 6.45) is 2.50. The van der Waals surface area contributed by atoms with Crippen LogP contribution in [0.15, 0.2) is 24.3 Å². The lowest BCUT2D eigenvalue weighted by Gasteiger charge is -2.24. The quantitative estimate of drug-likeness (QED) is 0.809. The molecule has 1 atom stereocenters. The molecule has 0 spiro atoms. The molecule has 1 aromatic carbocycles. The lowest BCUT2D eigenvalue weighted by Crippen LogP contribution is -2.25. The molecule has 0 radical (unpaired) electrons. The second-order valence-corrected chi connectivity index (χ2v) is 6.40. The Labute approximate surface area is 130 Å². The van der Waals surface area contributed by atoms with Crippen molar-refractivity contribution in [1.82, 2.24) is 9.97 Å². The van der Waals surface area contributed by atoms with Crippen LogP contribution in [0.5, 0.6) is 0 Å². The molecule has 2 aliphatic rings. The number of benzene rings is 1. The van der Waals surface area contributed by atoms with Gasteiger partial charge in [-0.1, -0.05) is 25.1 Å². The van der Waals surface area contributed by atoms with Crippen LogP contribution in [0.4, 0.5) is 11.6 Å². The van der Waals surface area contributed by atoms with Crippen LogP contribution in [0.2, 0.25) is 0 Å². The number of carbonyl (C=O) groups excluding carboxylic acids is 1. The van der Waals surface area contributed by atoms with E-state index >= 15 is 0 Å². The van der Waals surface area contributed by atoms with Gasteiger partial charge in [-0.25, -0.2) is 9.97 Å². The van der Waals surface area contributed by atoms with E-state index in [1.165, 1.54) is 11.3 Å². The van der Waals surface area contributed by atoms with E-state index in [0.29, 0.717) is 12.3 Å². The number of aromatic nitrogens is 2. The van der Waals surface area contributed by atoms with Crippen molar-refractivity contribution >= 4 is 17.4 Å². The first-order valence-electron chi connectivity index (χ1n) is 7.89. The smallest absolute Gasteiger partial charge is 0.230 e. The highest BCUT2D eigenvalue weighted by atomic mass is 16.1. The molecular formula is C18H19N3O. The molecule has 1 unspecified atom stereocenters. The number of aryl methyl sites for hydroxylation is 1. The van der Waals surface area contributed by atoms with Crippen LogP contribution < -0.4 is 4.90 Å². The second kappa shape index (κ2) is 4.90. The van der Waals surface area contributed by atoms with Crippen LogP contribution >= 0.6 is 0 Å². The summed E-state index contributed by atoms with van der Waals surface area (Å²) in [7, 11) is 0. The number of fused-ring (bicyclic) bond motifs is 2. The number of nitrogens with zero attached hydrogens (tertiary/aromatic N) is 3. The first-order valence-corrected chi connectivity index (χ1v) is 7.89. The van der Waals surface area contributed by atoms with Crippen LogP contribution in [0.1, 0.15) is 40.7 Å². The molecule has 112 valence electrons. The van der Waals surface area contributed by atoms with Crippen molar-refractivity contribution in [2.24, 2.45) is 5.92 Å². The first kappa shape index (κ1) is 13.4. The van der Waals surface area contributed by atoms with Gasteiger partial charge in [0.2, 0.25) is 5.95 Å². The van der Waals surface area contributed by atoms with Crippen LogP contribution in [0.25, 0.3) is 0 Å². The summed E-state index contributed by atoms with van der Waals surface area (Å²) in [4.78, 5) is 23.8.